The summed E-state index contributed by atoms with van der Waals surface area (Å²) in [6, 6.07) is 3.39. The van der Waals surface area contributed by atoms with E-state index in [9.17, 15) is 14.4 Å². The van der Waals surface area contributed by atoms with Crippen molar-refractivity contribution in [3.05, 3.63) is 34.5 Å². The van der Waals surface area contributed by atoms with Gasteiger partial charge in [-0.15, -0.1) is 0 Å². The van der Waals surface area contributed by atoms with Crippen molar-refractivity contribution < 1.29 is 28.6 Å². The van der Waals surface area contributed by atoms with Crippen molar-refractivity contribution in [2.45, 2.75) is 45.6 Å². The molecule has 3 unspecified atom stereocenters. The number of amides is 3. The highest BCUT2D eigenvalue weighted by molar-refractivity contribution is 5.95. The van der Waals surface area contributed by atoms with E-state index in [0.717, 1.165) is 43.7 Å². The zero-order valence-corrected chi connectivity index (χ0v) is 23.7. The van der Waals surface area contributed by atoms with Crippen LogP contribution in [0.5, 0.6) is 11.6 Å². The average Bonchev–Trinajstić information content (AvgIpc) is 3.64. The van der Waals surface area contributed by atoms with E-state index in [-0.39, 0.29) is 30.4 Å². The van der Waals surface area contributed by atoms with Crippen LogP contribution in [0.1, 0.15) is 35.2 Å². The second kappa shape index (κ2) is 11.2. The van der Waals surface area contributed by atoms with E-state index in [4.69, 9.17) is 19.2 Å². The van der Waals surface area contributed by atoms with E-state index in [1.165, 1.54) is 16.0 Å². The predicted octanol–water partition coefficient (Wildman–Crippen LogP) is 2.00. The quantitative estimate of drug-likeness (QED) is 0.439. The third-order valence-corrected chi connectivity index (χ3v) is 8.39. The van der Waals surface area contributed by atoms with E-state index >= 15 is 0 Å². The monoisotopic (exact) mass is 564 g/mol. The molecule has 3 atom stereocenters. The maximum atomic E-state index is 12.5. The second-order valence-electron chi connectivity index (χ2n) is 11.5. The van der Waals surface area contributed by atoms with Crippen LogP contribution >= 0.6 is 0 Å². The summed E-state index contributed by atoms with van der Waals surface area (Å²) < 4.78 is 17.0. The second-order valence-corrected chi connectivity index (χ2v) is 11.5. The van der Waals surface area contributed by atoms with E-state index in [0.29, 0.717) is 55.2 Å². The molecule has 4 aliphatic rings. The van der Waals surface area contributed by atoms with Crippen molar-refractivity contribution in [1.82, 2.24) is 20.2 Å². The Morgan fingerprint density at radius 3 is 2.71 bits per heavy atom. The summed E-state index contributed by atoms with van der Waals surface area (Å²) in [6.07, 6.45) is 2.46. The number of fused-ring (bicyclic) bond motifs is 2. The number of likely N-dealkylation sites (tertiary alicyclic amines) is 1. The first-order valence-corrected chi connectivity index (χ1v) is 14.2. The summed E-state index contributed by atoms with van der Waals surface area (Å²) in [6.45, 7) is 7.30. The number of cyclic esters (lactones) is 1. The van der Waals surface area contributed by atoms with Gasteiger partial charge < -0.3 is 29.7 Å². The molecule has 0 saturated carbocycles. The number of pyridine rings is 2. The molecule has 12 heteroatoms. The molecule has 0 radical (unpaired) electrons. The lowest BCUT2D eigenvalue weighted by Crippen LogP contribution is -2.30. The first-order chi connectivity index (χ1) is 19.7. The van der Waals surface area contributed by atoms with Crippen molar-refractivity contribution >= 4 is 29.5 Å². The van der Waals surface area contributed by atoms with Gasteiger partial charge in [-0.2, -0.15) is 0 Å². The summed E-state index contributed by atoms with van der Waals surface area (Å²) in [5.74, 6) is 2.46. The van der Waals surface area contributed by atoms with Gasteiger partial charge in [0, 0.05) is 37.2 Å². The first-order valence-electron chi connectivity index (χ1n) is 14.2. The Kier molecular flexibility index (Phi) is 7.41. The number of hydrogen-bond acceptors (Lipinski definition) is 9. The van der Waals surface area contributed by atoms with Crippen molar-refractivity contribution in [1.29, 1.82) is 0 Å². The molecule has 0 spiro atoms. The Balaban J connectivity index is 0.970. The van der Waals surface area contributed by atoms with Crippen LogP contribution in [-0.2, 0) is 27.2 Å². The summed E-state index contributed by atoms with van der Waals surface area (Å²) in [7, 11) is 1.83. The van der Waals surface area contributed by atoms with Crippen LogP contribution in [0.4, 0.5) is 16.4 Å². The highest BCUT2D eigenvalue weighted by atomic mass is 16.6. The van der Waals surface area contributed by atoms with Gasteiger partial charge in [-0.1, -0.05) is 0 Å². The fourth-order valence-electron chi connectivity index (χ4n) is 6.16. The third kappa shape index (κ3) is 5.65. The van der Waals surface area contributed by atoms with Gasteiger partial charge in [-0.05, 0) is 75.4 Å². The van der Waals surface area contributed by atoms with Gasteiger partial charge in [0.1, 0.15) is 11.9 Å². The summed E-state index contributed by atoms with van der Waals surface area (Å²) in [5, 5.41) is 6.22. The molecule has 3 aliphatic heterocycles. The zero-order chi connectivity index (χ0) is 28.7. The number of aryl methyl sites for hydroxylation is 1. The number of nitrogens with zero attached hydrogens (tertiary/aromatic N) is 4. The van der Waals surface area contributed by atoms with E-state index in [2.05, 4.69) is 22.5 Å². The molecule has 2 fully saturated rings. The van der Waals surface area contributed by atoms with Gasteiger partial charge in [-0.3, -0.25) is 14.5 Å². The molecule has 2 N–H and O–H groups in total. The summed E-state index contributed by atoms with van der Waals surface area (Å²) in [4.78, 5) is 48.4. The lowest BCUT2D eigenvalue weighted by molar-refractivity contribution is -0.126. The average molecular weight is 565 g/mol. The SMILES string of the molecule is Cc1nc(OCC2CC(=O)N(C)C2)c(C)c2c1CC(CNCCC1CN(c3ccc4c(n3)NC(=O)CO4)C(=O)O1)C2. The van der Waals surface area contributed by atoms with Crippen molar-refractivity contribution in [3.8, 4) is 11.6 Å². The van der Waals surface area contributed by atoms with Crippen molar-refractivity contribution in [2.75, 3.05) is 56.7 Å². The molecule has 12 nitrogen and oxygen atoms in total. The fourth-order valence-corrected chi connectivity index (χ4v) is 6.16. The maximum absolute atomic E-state index is 12.5. The third-order valence-electron chi connectivity index (χ3n) is 8.39. The molecule has 6 rings (SSSR count). The molecule has 41 heavy (non-hydrogen) atoms. The molecule has 0 aromatic carbocycles. The number of carbonyl (C=O) groups excluding carboxylic acids is 3. The van der Waals surface area contributed by atoms with Gasteiger partial charge in [0.25, 0.3) is 5.91 Å². The Morgan fingerprint density at radius 2 is 1.90 bits per heavy atom. The van der Waals surface area contributed by atoms with Gasteiger partial charge in [0.05, 0.1) is 13.2 Å². The zero-order valence-electron chi connectivity index (χ0n) is 23.7. The molecular formula is C29H36N6O6. The van der Waals surface area contributed by atoms with E-state index < -0.39 is 6.09 Å². The van der Waals surface area contributed by atoms with E-state index in [1.54, 1.807) is 17.0 Å². The lowest BCUT2D eigenvalue weighted by Gasteiger charge is -2.19. The normalized spacial score (nSPS) is 23.3. The highest BCUT2D eigenvalue weighted by Crippen LogP contribution is 2.35. The minimum Gasteiger partial charge on any atom is -0.480 e. The molecule has 0 bridgehead atoms. The van der Waals surface area contributed by atoms with Crippen LogP contribution in [0, 0.1) is 25.7 Å². The van der Waals surface area contributed by atoms with Crippen LogP contribution in [0.25, 0.3) is 0 Å². The van der Waals surface area contributed by atoms with Crippen LogP contribution in [-0.4, -0.2) is 85.3 Å². The highest BCUT2D eigenvalue weighted by Gasteiger charge is 2.34. The molecule has 3 amide bonds. The van der Waals surface area contributed by atoms with Gasteiger partial charge in [0.2, 0.25) is 11.8 Å². The predicted molar refractivity (Wildman–Crippen MR) is 149 cm³/mol. The largest absolute Gasteiger partial charge is 0.480 e. The standard InChI is InChI=1S/C29H36N6O6/c1-16-21-8-18(9-22(21)17(2)31-28(16)40-14-19-10-26(37)34(3)12-19)11-30-7-6-20-13-35(29(38)41-20)24-5-4-23-27(32-24)33-25(36)15-39-23/h4-5,18-20,30H,6-15H2,1-3H3,(H,32,33,36). The Bertz CT molecular complexity index is 1380. The van der Waals surface area contributed by atoms with Gasteiger partial charge in [0.15, 0.2) is 18.2 Å². The van der Waals surface area contributed by atoms with E-state index in [1.807, 2.05) is 14.0 Å². The molecule has 2 aromatic rings. The fraction of sp³-hybridized carbons (Fsp3) is 0.552. The Labute approximate surface area is 238 Å². The van der Waals surface area contributed by atoms with Crippen molar-refractivity contribution in [2.24, 2.45) is 11.8 Å². The Hall–Kier alpha value is -3.93. The van der Waals surface area contributed by atoms with Crippen LogP contribution in [0.3, 0.4) is 0 Å². The number of nitrogens with one attached hydrogen (secondary N) is 2. The first kappa shape index (κ1) is 27.3. The maximum Gasteiger partial charge on any atom is 0.415 e. The lowest BCUT2D eigenvalue weighted by atomic mass is 10.0. The number of ether oxygens (including phenoxy) is 3. The minimum atomic E-state index is -0.445. The van der Waals surface area contributed by atoms with Crippen LogP contribution in [0.15, 0.2) is 12.1 Å². The molecular weight excluding hydrogens is 528 g/mol. The smallest absolute Gasteiger partial charge is 0.415 e. The molecule has 218 valence electrons. The molecule has 2 saturated heterocycles. The minimum absolute atomic E-state index is 0.0457. The number of hydrogen-bond donors (Lipinski definition) is 2. The van der Waals surface area contributed by atoms with Crippen LogP contribution < -0.4 is 25.0 Å². The summed E-state index contributed by atoms with van der Waals surface area (Å²) >= 11 is 0. The molecule has 5 heterocycles. The van der Waals surface area contributed by atoms with Gasteiger partial charge >= 0.3 is 6.09 Å². The van der Waals surface area contributed by atoms with Crippen LogP contribution in [0.2, 0.25) is 0 Å². The topological polar surface area (TPSA) is 135 Å². The van der Waals surface area contributed by atoms with Gasteiger partial charge in [-0.25, -0.2) is 14.8 Å². The number of anilines is 2. The number of carbonyl (C=O) groups is 3. The molecule has 1 aliphatic carbocycles. The summed E-state index contributed by atoms with van der Waals surface area (Å²) in [5.41, 5.74) is 4.77. The van der Waals surface area contributed by atoms with Crippen molar-refractivity contribution in [3.63, 3.8) is 0 Å². The number of rotatable bonds is 9. The molecule has 2 aromatic heterocycles. The number of aromatic nitrogens is 2. The Morgan fingerprint density at radius 1 is 1.07 bits per heavy atom.